The molecule has 1 nitrogen and oxygen atoms in total. The molecule has 0 saturated heterocycles. The van der Waals surface area contributed by atoms with Crippen molar-refractivity contribution in [1.29, 1.82) is 0 Å². The van der Waals surface area contributed by atoms with Crippen LogP contribution in [0.15, 0.2) is 48.5 Å². The molecule has 0 amide bonds. The van der Waals surface area contributed by atoms with Crippen molar-refractivity contribution in [1.82, 2.24) is 0 Å². The van der Waals surface area contributed by atoms with Crippen molar-refractivity contribution >= 4 is 29.2 Å². The van der Waals surface area contributed by atoms with Crippen molar-refractivity contribution in [2.75, 3.05) is 0 Å². The summed E-state index contributed by atoms with van der Waals surface area (Å²) in [4.78, 5) is 0. The number of aromatic hydroxyl groups is 1. The molecule has 3 aromatic carbocycles. The van der Waals surface area contributed by atoms with Gasteiger partial charge in [-0.1, -0.05) is 105 Å². The predicted molar refractivity (Wildman–Crippen MR) is 122 cm³/mol. The minimum Gasteiger partial charge on any atom is -0.508 e. The van der Waals surface area contributed by atoms with Crippen molar-refractivity contribution < 1.29 is 5.11 Å². The second-order valence-electron chi connectivity index (χ2n) is 8.23. The lowest BCUT2D eigenvalue weighted by atomic mass is 9.95. The molecule has 3 rings (SSSR count). The zero-order chi connectivity index (χ0) is 19.8. The van der Waals surface area contributed by atoms with Crippen LogP contribution in [0.2, 0.25) is 12.1 Å². The summed E-state index contributed by atoms with van der Waals surface area (Å²) in [5, 5.41) is 16.6. The molecule has 0 bridgehead atoms. The zero-order valence-electron chi connectivity index (χ0n) is 17.6. The molecular weight excluding hydrogens is 344 g/mol. The average molecular weight is 377 g/mol. The summed E-state index contributed by atoms with van der Waals surface area (Å²) in [6.07, 6.45) is 0. The van der Waals surface area contributed by atoms with Gasteiger partial charge in [0.25, 0.3) is 0 Å². The van der Waals surface area contributed by atoms with E-state index in [1.165, 1.54) is 32.3 Å². The predicted octanol–water partition coefficient (Wildman–Crippen LogP) is 5.89. The quantitative estimate of drug-likeness (QED) is 0.551. The third kappa shape index (κ3) is 3.32. The summed E-state index contributed by atoms with van der Waals surface area (Å²) in [7, 11) is -2.05. The lowest BCUT2D eigenvalue weighted by molar-refractivity contribution is 0.470. The van der Waals surface area contributed by atoms with Crippen LogP contribution < -0.4 is 10.4 Å². The molecule has 3 aromatic rings. The van der Waals surface area contributed by atoms with Crippen LogP contribution in [-0.4, -0.2) is 13.2 Å². The van der Waals surface area contributed by atoms with Gasteiger partial charge in [-0.05, 0) is 35.7 Å². The average Bonchev–Trinajstić information content (AvgIpc) is 2.62. The summed E-state index contributed by atoms with van der Waals surface area (Å²) in [6, 6.07) is 19.9. The zero-order valence-corrected chi connectivity index (χ0v) is 18.6. The molecule has 2 heteroatoms. The summed E-state index contributed by atoms with van der Waals surface area (Å²) in [5.74, 6) is 0.827. The molecule has 0 fully saturated rings. The first-order chi connectivity index (χ1) is 12.8. The minimum absolute atomic E-state index is 0.287. The fraction of sp³-hybridized carbons (Fsp3) is 0.360. The number of rotatable bonds is 5. The van der Waals surface area contributed by atoms with Gasteiger partial charge in [0.1, 0.15) is 13.8 Å². The first-order valence-corrected chi connectivity index (χ1v) is 12.6. The van der Waals surface area contributed by atoms with Gasteiger partial charge >= 0.3 is 0 Å². The molecule has 0 saturated carbocycles. The lowest BCUT2D eigenvalue weighted by Crippen LogP contribution is -2.57. The summed E-state index contributed by atoms with van der Waals surface area (Å²) >= 11 is 0. The lowest BCUT2D eigenvalue weighted by Gasteiger charge is -2.33. The van der Waals surface area contributed by atoms with Crippen molar-refractivity contribution in [3.05, 3.63) is 65.2 Å². The van der Waals surface area contributed by atoms with E-state index in [0.29, 0.717) is 5.75 Å². The molecule has 1 N–H and O–H groups in total. The number of phenolic OH excluding ortho intramolecular Hbond substituents is 1. The fourth-order valence-electron chi connectivity index (χ4n) is 4.76. The van der Waals surface area contributed by atoms with Crippen LogP contribution in [0, 0.1) is 13.8 Å². The van der Waals surface area contributed by atoms with Crippen LogP contribution >= 0.6 is 0 Å². The highest BCUT2D eigenvalue weighted by Crippen LogP contribution is 2.35. The summed E-state index contributed by atoms with van der Waals surface area (Å²) < 4.78 is 0. The standard InChI is InChI=1S/C25H32OSi/c1-7-27(8-2,21-14-18(5)13-19(6)15-21)23-16-20-11-9-10-12-22(20)24(17(3)4)25(23)26/h9-17,26H,7-8H2,1-6H3. The van der Waals surface area contributed by atoms with Gasteiger partial charge in [0.2, 0.25) is 0 Å². The Bertz CT molecular complexity index is 947. The SMILES string of the molecule is CC[Si](CC)(c1cc(C)cc(C)c1)c1cc2ccccc2c(C(C)C)c1O. The van der Waals surface area contributed by atoms with Gasteiger partial charge in [-0.3, -0.25) is 0 Å². The Morgan fingerprint density at radius 1 is 0.889 bits per heavy atom. The number of aryl methyl sites for hydroxylation is 2. The summed E-state index contributed by atoms with van der Waals surface area (Å²) in [5.41, 5.74) is 3.73. The topological polar surface area (TPSA) is 20.2 Å². The molecule has 0 aromatic heterocycles. The number of hydrogen-bond acceptors (Lipinski definition) is 1. The van der Waals surface area contributed by atoms with Crippen molar-refractivity contribution in [3.8, 4) is 5.75 Å². The second-order valence-corrected chi connectivity index (χ2v) is 12.9. The number of phenols is 1. The van der Waals surface area contributed by atoms with Gasteiger partial charge in [-0.15, -0.1) is 0 Å². The highest BCUT2D eigenvalue weighted by molar-refractivity contribution is 7.02. The van der Waals surface area contributed by atoms with E-state index in [1.54, 1.807) is 0 Å². The maximum atomic E-state index is 11.5. The molecule has 0 aliphatic carbocycles. The van der Waals surface area contributed by atoms with Gasteiger partial charge < -0.3 is 5.11 Å². The van der Waals surface area contributed by atoms with Crippen molar-refractivity contribution in [2.24, 2.45) is 0 Å². The second kappa shape index (κ2) is 7.51. The van der Waals surface area contributed by atoms with E-state index in [0.717, 1.165) is 17.7 Å². The van der Waals surface area contributed by atoms with Crippen LogP contribution in [0.4, 0.5) is 0 Å². The van der Waals surface area contributed by atoms with Crippen molar-refractivity contribution in [3.63, 3.8) is 0 Å². The highest BCUT2D eigenvalue weighted by Gasteiger charge is 2.37. The maximum Gasteiger partial charge on any atom is 0.122 e. The van der Waals surface area contributed by atoms with Crippen LogP contribution in [0.1, 0.15) is 50.3 Å². The molecule has 142 valence electrons. The van der Waals surface area contributed by atoms with E-state index in [1.807, 2.05) is 0 Å². The van der Waals surface area contributed by atoms with Gasteiger partial charge in [0.05, 0.1) is 0 Å². The molecule has 0 radical (unpaired) electrons. The van der Waals surface area contributed by atoms with Crippen LogP contribution in [0.5, 0.6) is 5.75 Å². The first kappa shape index (κ1) is 19.7. The normalized spacial score (nSPS) is 12.1. The Kier molecular flexibility index (Phi) is 5.48. The Labute approximate surface area is 165 Å². The molecule has 0 aliphatic heterocycles. The molecule has 27 heavy (non-hydrogen) atoms. The maximum absolute atomic E-state index is 11.5. The van der Waals surface area contributed by atoms with E-state index in [2.05, 4.69) is 90.1 Å². The molecule has 0 aliphatic rings. The smallest absolute Gasteiger partial charge is 0.122 e. The minimum atomic E-state index is -2.05. The van der Waals surface area contributed by atoms with E-state index in [4.69, 9.17) is 0 Å². The largest absolute Gasteiger partial charge is 0.508 e. The summed E-state index contributed by atoms with van der Waals surface area (Å²) in [6.45, 7) is 13.3. The fourth-order valence-corrected chi connectivity index (χ4v) is 9.18. The van der Waals surface area contributed by atoms with Crippen LogP contribution in [0.3, 0.4) is 0 Å². The van der Waals surface area contributed by atoms with Gasteiger partial charge in [-0.2, -0.15) is 0 Å². The van der Waals surface area contributed by atoms with Crippen LogP contribution in [-0.2, 0) is 0 Å². The molecule has 0 spiro atoms. The van der Waals surface area contributed by atoms with E-state index in [9.17, 15) is 5.11 Å². The van der Waals surface area contributed by atoms with Gasteiger partial charge in [0, 0.05) is 5.56 Å². The van der Waals surface area contributed by atoms with Crippen LogP contribution in [0.25, 0.3) is 10.8 Å². The number of fused-ring (bicyclic) bond motifs is 1. The Morgan fingerprint density at radius 2 is 1.48 bits per heavy atom. The third-order valence-electron chi connectivity index (χ3n) is 6.14. The first-order valence-electron chi connectivity index (χ1n) is 10.2. The van der Waals surface area contributed by atoms with E-state index < -0.39 is 8.07 Å². The van der Waals surface area contributed by atoms with E-state index in [-0.39, 0.29) is 5.92 Å². The Hall–Kier alpha value is -2.06. The Morgan fingerprint density at radius 3 is 2.04 bits per heavy atom. The molecule has 0 atom stereocenters. The van der Waals surface area contributed by atoms with Gasteiger partial charge in [0.15, 0.2) is 0 Å². The third-order valence-corrected chi connectivity index (χ3v) is 11.4. The molecule has 0 unspecified atom stereocenters. The molecule has 0 heterocycles. The monoisotopic (exact) mass is 376 g/mol. The molecular formula is C25H32OSi. The van der Waals surface area contributed by atoms with Crippen molar-refractivity contribution in [2.45, 2.75) is 59.5 Å². The number of hydrogen-bond donors (Lipinski definition) is 1. The Balaban J connectivity index is 2.40. The van der Waals surface area contributed by atoms with Gasteiger partial charge in [-0.25, -0.2) is 0 Å². The highest BCUT2D eigenvalue weighted by atomic mass is 28.3. The number of benzene rings is 3. The van der Waals surface area contributed by atoms with E-state index >= 15 is 0 Å².